The van der Waals surface area contributed by atoms with Gasteiger partial charge in [0.15, 0.2) is 0 Å². The first kappa shape index (κ1) is 23.7. The third-order valence-electron chi connectivity index (χ3n) is 4.91. The maximum atomic E-state index is 12.8. The Bertz CT molecular complexity index is 811. The van der Waals surface area contributed by atoms with Crippen molar-refractivity contribution < 1.29 is 18.7 Å². The van der Waals surface area contributed by atoms with Crippen molar-refractivity contribution >= 4 is 35.2 Å². The number of nitrogens with zero attached hydrogens (tertiary/aromatic N) is 1. The van der Waals surface area contributed by atoms with Gasteiger partial charge in [0.05, 0.1) is 31.5 Å². The fourth-order valence-corrected chi connectivity index (χ4v) is 4.07. The number of hydrogen-bond acceptors (Lipinski definition) is 6. The van der Waals surface area contributed by atoms with E-state index in [1.54, 1.807) is 30.7 Å². The second-order valence-electron chi connectivity index (χ2n) is 7.30. The molecule has 3 rings (SSSR count). The van der Waals surface area contributed by atoms with E-state index >= 15 is 0 Å². The first-order valence-electron chi connectivity index (χ1n) is 10.4. The highest BCUT2D eigenvalue weighted by atomic mass is 35.5. The number of rotatable bonds is 11. The molecule has 2 heterocycles. The van der Waals surface area contributed by atoms with Crippen LogP contribution < -0.4 is 10.6 Å². The van der Waals surface area contributed by atoms with E-state index in [9.17, 15) is 9.59 Å². The molecular weight excluding hydrogens is 438 g/mol. The summed E-state index contributed by atoms with van der Waals surface area (Å²) in [5, 5.41) is 6.47. The molecule has 1 atom stereocenters. The minimum Gasteiger partial charge on any atom is -0.472 e. The van der Waals surface area contributed by atoms with Crippen LogP contribution >= 0.6 is 23.4 Å². The Morgan fingerprint density at radius 1 is 1.16 bits per heavy atom. The van der Waals surface area contributed by atoms with Gasteiger partial charge in [0.1, 0.15) is 6.04 Å². The summed E-state index contributed by atoms with van der Waals surface area (Å²) >= 11 is 7.29. The maximum Gasteiger partial charge on any atom is 0.242 e. The van der Waals surface area contributed by atoms with Crippen LogP contribution in [0.15, 0.2) is 52.2 Å². The van der Waals surface area contributed by atoms with Crippen molar-refractivity contribution in [1.82, 2.24) is 15.5 Å². The molecule has 1 saturated heterocycles. The first-order chi connectivity index (χ1) is 15.1. The van der Waals surface area contributed by atoms with Gasteiger partial charge in [-0.2, -0.15) is 0 Å². The number of carbonyl (C=O) groups excluding carboxylic acids is 2. The van der Waals surface area contributed by atoms with Gasteiger partial charge in [-0.3, -0.25) is 14.5 Å². The van der Waals surface area contributed by atoms with Gasteiger partial charge in [-0.25, -0.2) is 0 Å². The van der Waals surface area contributed by atoms with Crippen molar-refractivity contribution in [3.05, 3.63) is 53.4 Å². The molecule has 0 aliphatic carbocycles. The predicted molar refractivity (Wildman–Crippen MR) is 121 cm³/mol. The van der Waals surface area contributed by atoms with Crippen LogP contribution in [0, 0.1) is 0 Å². The molecule has 1 fully saturated rings. The standard InChI is InChI=1S/C22H28ClN3O4S/c23-18-2-4-19(5-3-18)31-16-21(27)25-20(14-17-6-11-30-15-17)22(28)24-7-1-8-26-9-12-29-13-10-26/h2-6,11,15,20H,1,7-10,12-14,16H2,(H,24,28)(H,25,27). The fraction of sp³-hybridized carbons (Fsp3) is 0.455. The summed E-state index contributed by atoms with van der Waals surface area (Å²) in [7, 11) is 0. The molecule has 2 N–H and O–H groups in total. The summed E-state index contributed by atoms with van der Waals surface area (Å²) in [6.45, 7) is 4.86. The van der Waals surface area contributed by atoms with Crippen molar-refractivity contribution in [3.8, 4) is 0 Å². The van der Waals surface area contributed by atoms with Gasteiger partial charge >= 0.3 is 0 Å². The van der Waals surface area contributed by atoms with Crippen LogP contribution in [0.4, 0.5) is 0 Å². The molecular formula is C22H28ClN3O4S. The van der Waals surface area contributed by atoms with Crippen LogP contribution in [0.2, 0.25) is 5.02 Å². The van der Waals surface area contributed by atoms with Crippen molar-refractivity contribution in [1.29, 1.82) is 0 Å². The SMILES string of the molecule is O=C(CSc1ccc(Cl)cc1)NC(Cc1ccoc1)C(=O)NCCCN1CCOCC1. The highest BCUT2D eigenvalue weighted by molar-refractivity contribution is 8.00. The van der Waals surface area contributed by atoms with E-state index in [1.165, 1.54) is 11.8 Å². The molecule has 2 aromatic rings. The Hall–Kier alpha value is -2.00. The Morgan fingerprint density at radius 3 is 2.65 bits per heavy atom. The van der Waals surface area contributed by atoms with Gasteiger partial charge in [-0.05, 0) is 48.9 Å². The maximum absolute atomic E-state index is 12.8. The van der Waals surface area contributed by atoms with Gasteiger partial charge in [0.2, 0.25) is 11.8 Å². The molecule has 0 spiro atoms. The number of halogens is 1. The first-order valence-corrected chi connectivity index (χ1v) is 11.7. The lowest BCUT2D eigenvalue weighted by Crippen LogP contribution is -2.49. The van der Waals surface area contributed by atoms with Crippen molar-refractivity contribution in [2.45, 2.75) is 23.8 Å². The molecule has 1 unspecified atom stereocenters. The lowest BCUT2D eigenvalue weighted by molar-refractivity contribution is -0.127. The number of nitrogens with one attached hydrogen (secondary N) is 2. The molecule has 7 nitrogen and oxygen atoms in total. The lowest BCUT2D eigenvalue weighted by Gasteiger charge is -2.26. The Morgan fingerprint density at radius 2 is 1.94 bits per heavy atom. The summed E-state index contributed by atoms with van der Waals surface area (Å²) in [4.78, 5) is 28.5. The van der Waals surface area contributed by atoms with E-state index in [1.807, 2.05) is 12.1 Å². The minimum atomic E-state index is -0.653. The van der Waals surface area contributed by atoms with Crippen LogP contribution in [0.3, 0.4) is 0 Å². The Kier molecular flexibility index (Phi) is 9.74. The van der Waals surface area contributed by atoms with Crippen LogP contribution in [0.1, 0.15) is 12.0 Å². The molecule has 2 amide bonds. The Labute approximate surface area is 191 Å². The molecule has 31 heavy (non-hydrogen) atoms. The molecule has 1 aromatic heterocycles. The second kappa shape index (κ2) is 12.8. The van der Waals surface area contributed by atoms with E-state index in [4.69, 9.17) is 20.8 Å². The third-order valence-corrected chi connectivity index (χ3v) is 6.17. The summed E-state index contributed by atoms with van der Waals surface area (Å²) in [6.07, 6.45) is 4.38. The molecule has 0 saturated carbocycles. The molecule has 0 radical (unpaired) electrons. The number of hydrogen-bond donors (Lipinski definition) is 2. The lowest BCUT2D eigenvalue weighted by atomic mass is 10.1. The largest absolute Gasteiger partial charge is 0.472 e. The average Bonchev–Trinajstić information content (AvgIpc) is 3.30. The van der Waals surface area contributed by atoms with E-state index in [2.05, 4.69) is 15.5 Å². The van der Waals surface area contributed by atoms with Crippen molar-refractivity contribution in [3.63, 3.8) is 0 Å². The minimum absolute atomic E-state index is 0.187. The third kappa shape index (κ3) is 8.57. The van der Waals surface area contributed by atoms with Gasteiger partial charge in [-0.15, -0.1) is 11.8 Å². The van der Waals surface area contributed by atoms with Crippen LogP contribution in [-0.4, -0.2) is 67.9 Å². The van der Waals surface area contributed by atoms with Crippen LogP contribution in [0.5, 0.6) is 0 Å². The summed E-state index contributed by atoms with van der Waals surface area (Å²) < 4.78 is 10.5. The van der Waals surface area contributed by atoms with Crippen molar-refractivity contribution in [2.75, 3.05) is 45.1 Å². The number of carbonyl (C=O) groups is 2. The van der Waals surface area contributed by atoms with Gasteiger partial charge in [-0.1, -0.05) is 11.6 Å². The summed E-state index contributed by atoms with van der Waals surface area (Å²) in [6, 6.07) is 8.45. The topological polar surface area (TPSA) is 83.8 Å². The summed E-state index contributed by atoms with van der Waals surface area (Å²) in [5.41, 5.74) is 0.860. The fourth-order valence-electron chi connectivity index (χ4n) is 3.23. The molecule has 168 valence electrons. The summed E-state index contributed by atoms with van der Waals surface area (Å²) in [5.74, 6) is -0.168. The molecule has 1 aromatic carbocycles. The molecule has 1 aliphatic heterocycles. The van der Waals surface area contributed by atoms with E-state index < -0.39 is 6.04 Å². The van der Waals surface area contributed by atoms with Gasteiger partial charge in [0, 0.05) is 36.0 Å². The monoisotopic (exact) mass is 465 g/mol. The Balaban J connectivity index is 1.46. The molecule has 0 bridgehead atoms. The molecule has 9 heteroatoms. The highest BCUT2D eigenvalue weighted by Crippen LogP contribution is 2.20. The zero-order valence-corrected chi connectivity index (χ0v) is 18.9. The van der Waals surface area contributed by atoms with Crippen LogP contribution in [-0.2, 0) is 20.7 Å². The number of morpholine rings is 1. The smallest absolute Gasteiger partial charge is 0.242 e. The predicted octanol–water partition coefficient (Wildman–Crippen LogP) is 2.59. The quantitative estimate of drug-likeness (QED) is 0.392. The number of benzene rings is 1. The number of amides is 2. The number of thioether (sulfide) groups is 1. The normalized spacial score (nSPS) is 15.4. The van der Waals surface area contributed by atoms with Crippen LogP contribution in [0.25, 0.3) is 0 Å². The second-order valence-corrected chi connectivity index (χ2v) is 8.78. The number of furan rings is 1. The van der Waals surface area contributed by atoms with E-state index in [0.717, 1.165) is 49.7 Å². The zero-order chi connectivity index (χ0) is 21.9. The van der Waals surface area contributed by atoms with E-state index in [-0.39, 0.29) is 17.6 Å². The van der Waals surface area contributed by atoms with Gasteiger partial charge < -0.3 is 19.8 Å². The number of ether oxygens (including phenoxy) is 1. The average molecular weight is 466 g/mol. The van der Waals surface area contributed by atoms with Crippen molar-refractivity contribution in [2.24, 2.45) is 0 Å². The van der Waals surface area contributed by atoms with Gasteiger partial charge in [0.25, 0.3) is 0 Å². The zero-order valence-electron chi connectivity index (χ0n) is 17.3. The molecule has 1 aliphatic rings. The highest BCUT2D eigenvalue weighted by Gasteiger charge is 2.21. The van der Waals surface area contributed by atoms with E-state index in [0.29, 0.717) is 18.0 Å².